The molecule has 2 N–H and O–H groups in total. The van der Waals surface area contributed by atoms with Crippen LogP contribution >= 0.6 is 0 Å². The molecule has 17 heavy (non-hydrogen) atoms. The minimum atomic E-state index is 0.245. The molecule has 3 nitrogen and oxygen atoms in total. The zero-order valence-electron chi connectivity index (χ0n) is 12.2. The molecule has 0 rings (SSSR count). The summed E-state index contributed by atoms with van der Waals surface area (Å²) in [5.41, 5.74) is 5.74. The third-order valence-electron chi connectivity index (χ3n) is 3.48. The van der Waals surface area contributed by atoms with E-state index in [2.05, 4.69) is 27.7 Å². The fourth-order valence-electron chi connectivity index (χ4n) is 2.36. The summed E-state index contributed by atoms with van der Waals surface area (Å²) in [6.45, 7) is 9.23. The first-order valence-corrected chi connectivity index (χ1v) is 6.91. The molecule has 0 aliphatic carbocycles. The summed E-state index contributed by atoms with van der Waals surface area (Å²) in [4.78, 5) is 14.0. The van der Waals surface area contributed by atoms with Gasteiger partial charge < -0.3 is 10.6 Å². The van der Waals surface area contributed by atoms with Gasteiger partial charge in [0.05, 0.1) is 0 Å². The molecule has 102 valence electrons. The smallest absolute Gasteiger partial charge is 0.222 e. The van der Waals surface area contributed by atoms with Crippen LogP contribution in [0.3, 0.4) is 0 Å². The molecule has 1 amide bonds. The molecule has 1 unspecified atom stereocenters. The van der Waals surface area contributed by atoms with Crippen molar-refractivity contribution in [1.29, 1.82) is 0 Å². The van der Waals surface area contributed by atoms with Crippen LogP contribution in [0.5, 0.6) is 0 Å². The lowest BCUT2D eigenvalue weighted by molar-refractivity contribution is -0.133. The number of hydrogen-bond donors (Lipinski definition) is 1. The van der Waals surface area contributed by atoms with Gasteiger partial charge >= 0.3 is 0 Å². The molecule has 0 fully saturated rings. The summed E-state index contributed by atoms with van der Waals surface area (Å²) < 4.78 is 0. The predicted octanol–water partition coefficient (Wildman–Crippen LogP) is 2.64. The molecule has 0 saturated heterocycles. The highest BCUT2D eigenvalue weighted by molar-refractivity contribution is 5.76. The average Bonchev–Trinajstić information content (AvgIpc) is 2.28. The maximum absolute atomic E-state index is 12.1. The zero-order valence-corrected chi connectivity index (χ0v) is 12.2. The Morgan fingerprint density at radius 1 is 1.24 bits per heavy atom. The molecule has 0 saturated carbocycles. The van der Waals surface area contributed by atoms with Gasteiger partial charge in [-0.1, -0.05) is 27.7 Å². The van der Waals surface area contributed by atoms with Crippen LogP contribution in [-0.2, 0) is 4.79 Å². The second-order valence-corrected chi connectivity index (χ2v) is 5.41. The van der Waals surface area contributed by atoms with Crippen molar-refractivity contribution in [1.82, 2.24) is 4.90 Å². The van der Waals surface area contributed by atoms with Crippen LogP contribution in [0.25, 0.3) is 0 Å². The summed E-state index contributed by atoms with van der Waals surface area (Å²) in [6.07, 6.45) is 3.69. The first-order chi connectivity index (χ1) is 7.96. The second kappa shape index (κ2) is 8.51. The highest BCUT2D eigenvalue weighted by atomic mass is 16.2. The molecular formula is C14H30N2O. The Labute approximate surface area is 107 Å². The Balaban J connectivity index is 4.29. The van der Waals surface area contributed by atoms with E-state index in [-0.39, 0.29) is 5.91 Å². The topological polar surface area (TPSA) is 46.3 Å². The Kier molecular flexibility index (Phi) is 8.23. The fraction of sp³-hybridized carbons (Fsp3) is 0.929. The summed E-state index contributed by atoms with van der Waals surface area (Å²) >= 11 is 0. The van der Waals surface area contributed by atoms with Crippen LogP contribution in [0, 0.1) is 11.8 Å². The van der Waals surface area contributed by atoms with Crippen molar-refractivity contribution in [3.8, 4) is 0 Å². The van der Waals surface area contributed by atoms with Gasteiger partial charge in [-0.15, -0.1) is 0 Å². The molecule has 0 spiro atoms. The van der Waals surface area contributed by atoms with E-state index in [1.165, 1.54) is 0 Å². The normalized spacial score (nSPS) is 13.2. The zero-order chi connectivity index (χ0) is 13.4. The molecule has 0 aromatic heterocycles. The maximum atomic E-state index is 12.1. The lowest BCUT2D eigenvalue weighted by Gasteiger charge is -2.28. The second-order valence-electron chi connectivity index (χ2n) is 5.41. The van der Waals surface area contributed by atoms with Crippen molar-refractivity contribution in [3.63, 3.8) is 0 Å². The van der Waals surface area contributed by atoms with Gasteiger partial charge in [0.25, 0.3) is 0 Å². The molecular weight excluding hydrogens is 212 g/mol. The van der Waals surface area contributed by atoms with Gasteiger partial charge in [0.2, 0.25) is 5.91 Å². The quantitative estimate of drug-likeness (QED) is 0.711. The number of rotatable bonds is 8. The number of nitrogens with zero attached hydrogens (tertiary/aromatic N) is 1. The van der Waals surface area contributed by atoms with E-state index in [1.807, 2.05) is 11.9 Å². The average molecular weight is 242 g/mol. The molecule has 1 atom stereocenters. The van der Waals surface area contributed by atoms with E-state index in [0.29, 0.717) is 30.8 Å². The lowest BCUT2D eigenvalue weighted by atomic mass is 9.93. The van der Waals surface area contributed by atoms with Crippen LogP contribution < -0.4 is 5.73 Å². The summed E-state index contributed by atoms with van der Waals surface area (Å²) in [5.74, 6) is 1.18. The number of carbonyl (C=O) groups excluding carboxylic acids is 1. The summed E-state index contributed by atoms with van der Waals surface area (Å²) in [5, 5.41) is 0. The van der Waals surface area contributed by atoms with Gasteiger partial charge in [0.15, 0.2) is 0 Å². The molecule has 0 aromatic rings. The van der Waals surface area contributed by atoms with Crippen molar-refractivity contribution < 1.29 is 4.79 Å². The van der Waals surface area contributed by atoms with Crippen LogP contribution in [0.1, 0.15) is 53.4 Å². The minimum Gasteiger partial charge on any atom is -0.343 e. The van der Waals surface area contributed by atoms with E-state index in [1.54, 1.807) is 0 Å². The van der Waals surface area contributed by atoms with Crippen molar-refractivity contribution in [2.45, 2.75) is 59.4 Å². The molecule has 0 radical (unpaired) electrons. The summed E-state index contributed by atoms with van der Waals surface area (Å²) in [6, 6.07) is 0.375. The van der Waals surface area contributed by atoms with Crippen LogP contribution in [0.2, 0.25) is 0 Å². The monoisotopic (exact) mass is 242 g/mol. The number of amides is 1. The van der Waals surface area contributed by atoms with Crippen LogP contribution in [0.15, 0.2) is 0 Å². The molecule has 0 heterocycles. The van der Waals surface area contributed by atoms with E-state index < -0.39 is 0 Å². The SMILES string of the molecule is CCC(CC)N(C)C(=O)CC(CN)CC(C)C. The van der Waals surface area contributed by atoms with Gasteiger partial charge in [-0.05, 0) is 37.6 Å². The fourth-order valence-corrected chi connectivity index (χ4v) is 2.36. The molecule has 0 bridgehead atoms. The highest BCUT2D eigenvalue weighted by Gasteiger charge is 2.20. The summed E-state index contributed by atoms with van der Waals surface area (Å²) in [7, 11) is 1.92. The van der Waals surface area contributed by atoms with E-state index in [0.717, 1.165) is 19.3 Å². The van der Waals surface area contributed by atoms with Gasteiger partial charge in [-0.25, -0.2) is 0 Å². The third-order valence-corrected chi connectivity index (χ3v) is 3.48. The Hall–Kier alpha value is -0.570. The maximum Gasteiger partial charge on any atom is 0.222 e. The Morgan fingerprint density at radius 2 is 1.76 bits per heavy atom. The van der Waals surface area contributed by atoms with Crippen molar-refractivity contribution in [3.05, 3.63) is 0 Å². The highest BCUT2D eigenvalue weighted by Crippen LogP contribution is 2.17. The first kappa shape index (κ1) is 16.4. The predicted molar refractivity (Wildman–Crippen MR) is 73.8 cm³/mol. The molecule has 0 aromatic carbocycles. The lowest BCUT2D eigenvalue weighted by Crippen LogP contribution is -2.38. The van der Waals surface area contributed by atoms with E-state index >= 15 is 0 Å². The van der Waals surface area contributed by atoms with Gasteiger partial charge in [-0.3, -0.25) is 4.79 Å². The molecule has 0 aliphatic rings. The Bertz CT molecular complexity index is 212. The van der Waals surface area contributed by atoms with E-state index in [4.69, 9.17) is 5.73 Å². The van der Waals surface area contributed by atoms with Gasteiger partial charge in [-0.2, -0.15) is 0 Å². The van der Waals surface area contributed by atoms with Crippen LogP contribution in [0.4, 0.5) is 0 Å². The first-order valence-electron chi connectivity index (χ1n) is 6.91. The molecule has 0 aliphatic heterocycles. The standard InChI is InChI=1S/C14H30N2O/c1-6-13(7-2)16(5)14(17)9-12(10-15)8-11(3)4/h11-13H,6-10,15H2,1-5H3. The van der Waals surface area contributed by atoms with E-state index in [9.17, 15) is 4.79 Å². The number of carbonyl (C=O) groups is 1. The van der Waals surface area contributed by atoms with Crippen molar-refractivity contribution in [2.75, 3.05) is 13.6 Å². The Morgan fingerprint density at radius 3 is 2.12 bits per heavy atom. The van der Waals surface area contributed by atoms with Crippen LogP contribution in [-0.4, -0.2) is 30.4 Å². The van der Waals surface area contributed by atoms with Crippen molar-refractivity contribution in [2.24, 2.45) is 17.6 Å². The number of hydrogen-bond acceptors (Lipinski definition) is 2. The van der Waals surface area contributed by atoms with Gasteiger partial charge in [0.1, 0.15) is 0 Å². The van der Waals surface area contributed by atoms with Gasteiger partial charge in [0, 0.05) is 19.5 Å². The van der Waals surface area contributed by atoms with Crippen molar-refractivity contribution >= 4 is 5.91 Å². The largest absolute Gasteiger partial charge is 0.343 e. The minimum absolute atomic E-state index is 0.245. The number of nitrogens with two attached hydrogens (primary N) is 1. The third kappa shape index (κ3) is 6.06. The molecule has 3 heteroatoms.